The van der Waals surface area contributed by atoms with Gasteiger partial charge in [0.05, 0.1) is 12.7 Å². The first kappa shape index (κ1) is 10.4. The lowest BCUT2D eigenvalue weighted by Gasteiger charge is -2.07. The molecule has 0 atom stereocenters. The van der Waals surface area contributed by atoms with Gasteiger partial charge >= 0.3 is 0 Å². The molecule has 1 aliphatic carbocycles. The Hall–Kier alpha value is -1.09. The predicted octanol–water partition coefficient (Wildman–Crippen LogP) is 3.08. The molecule has 4 heteroatoms. The van der Waals surface area contributed by atoms with Gasteiger partial charge < -0.3 is 4.74 Å². The van der Waals surface area contributed by atoms with Crippen molar-refractivity contribution in [2.24, 2.45) is 5.92 Å². The number of Topliss-reactive ketones (excluding diaryl/α,β-unsaturated/α-hetero) is 1. The van der Waals surface area contributed by atoms with E-state index < -0.39 is 5.82 Å². The molecule has 1 saturated carbocycles. The fourth-order valence-electron chi connectivity index (χ4n) is 1.45. The van der Waals surface area contributed by atoms with Gasteiger partial charge in [-0.05, 0) is 25.0 Å². The predicted molar refractivity (Wildman–Crippen MR) is 55.0 cm³/mol. The minimum atomic E-state index is -0.673. The molecule has 1 aromatic carbocycles. The summed E-state index contributed by atoms with van der Waals surface area (Å²) in [5.74, 6) is -0.588. The van der Waals surface area contributed by atoms with Gasteiger partial charge in [0.25, 0.3) is 0 Å². The quantitative estimate of drug-likeness (QED) is 0.744. The maximum Gasteiger partial charge on any atom is 0.168 e. The Labute approximate surface area is 92.0 Å². The number of rotatable bonds is 3. The Morgan fingerprint density at radius 1 is 1.53 bits per heavy atom. The van der Waals surface area contributed by atoms with Gasteiger partial charge in [0, 0.05) is 5.92 Å². The van der Waals surface area contributed by atoms with Crippen molar-refractivity contribution >= 4 is 17.4 Å². The average Bonchev–Trinajstić information content (AvgIpc) is 3.04. The standard InChI is InChI=1S/C11H10ClFO2/c1-15-8-5-4-7(10(13)9(8)12)11(14)6-2-3-6/h4-6H,2-3H2,1H3. The highest BCUT2D eigenvalue weighted by molar-refractivity contribution is 6.32. The third-order valence-electron chi connectivity index (χ3n) is 2.48. The minimum absolute atomic E-state index is 0.0102. The molecule has 0 unspecified atom stereocenters. The number of benzene rings is 1. The lowest BCUT2D eigenvalue weighted by molar-refractivity contribution is 0.0963. The van der Waals surface area contributed by atoms with Gasteiger partial charge in [-0.2, -0.15) is 0 Å². The van der Waals surface area contributed by atoms with E-state index in [9.17, 15) is 9.18 Å². The van der Waals surface area contributed by atoms with Crippen molar-refractivity contribution < 1.29 is 13.9 Å². The summed E-state index contributed by atoms with van der Waals surface area (Å²) in [4.78, 5) is 11.6. The number of ketones is 1. The largest absolute Gasteiger partial charge is 0.495 e. The first-order valence-electron chi connectivity index (χ1n) is 4.71. The summed E-state index contributed by atoms with van der Waals surface area (Å²) in [5.41, 5.74) is 0.0725. The molecular formula is C11H10ClFO2. The van der Waals surface area contributed by atoms with E-state index in [0.717, 1.165) is 12.8 Å². The molecule has 0 amide bonds. The van der Waals surface area contributed by atoms with Gasteiger partial charge in [-0.3, -0.25) is 4.79 Å². The van der Waals surface area contributed by atoms with E-state index in [0.29, 0.717) is 0 Å². The monoisotopic (exact) mass is 228 g/mol. The number of ether oxygens (including phenoxy) is 1. The van der Waals surface area contributed by atoms with Crippen LogP contribution < -0.4 is 4.74 Å². The van der Waals surface area contributed by atoms with Crippen molar-refractivity contribution in [2.45, 2.75) is 12.8 Å². The van der Waals surface area contributed by atoms with Crippen molar-refractivity contribution in [3.63, 3.8) is 0 Å². The van der Waals surface area contributed by atoms with Gasteiger partial charge in [-0.1, -0.05) is 11.6 Å². The van der Waals surface area contributed by atoms with E-state index in [-0.39, 0.29) is 28.0 Å². The highest BCUT2D eigenvalue weighted by Gasteiger charge is 2.32. The van der Waals surface area contributed by atoms with Crippen LogP contribution in [0.4, 0.5) is 4.39 Å². The molecule has 1 aromatic rings. The molecule has 0 aliphatic heterocycles. The van der Waals surface area contributed by atoms with E-state index >= 15 is 0 Å². The topological polar surface area (TPSA) is 26.3 Å². The first-order valence-corrected chi connectivity index (χ1v) is 5.09. The van der Waals surface area contributed by atoms with Crippen LogP contribution in [0.15, 0.2) is 12.1 Å². The summed E-state index contributed by atoms with van der Waals surface area (Å²) >= 11 is 5.72. The van der Waals surface area contributed by atoms with Crippen LogP contribution in [0.2, 0.25) is 5.02 Å². The fraction of sp³-hybridized carbons (Fsp3) is 0.364. The molecule has 80 valence electrons. The second kappa shape index (κ2) is 3.81. The SMILES string of the molecule is COc1ccc(C(=O)C2CC2)c(F)c1Cl. The molecule has 0 heterocycles. The summed E-state index contributed by atoms with van der Waals surface area (Å²) < 4.78 is 18.5. The van der Waals surface area contributed by atoms with Crippen molar-refractivity contribution in [1.82, 2.24) is 0 Å². The van der Waals surface area contributed by atoms with Crippen molar-refractivity contribution in [1.29, 1.82) is 0 Å². The summed E-state index contributed by atoms with van der Waals surface area (Å²) in [7, 11) is 1.41. The minimum Gasteiger partial charge on any atom is -0.495 e. The molecule has 2 rings (SSSR count). The van der Waals surface area contributed by atoms with Crippen LogP contribution in [0, 0.1) is 11.7 Å². The smallest absolute Gasteiger partial charge is 0.168 e. The second-order valence-electron chi connectivity index (χ2n) is 3.58. The maximum absolute atomic E-state index is 13.7. The highest BCUT2D eigenvalue weighted by Crippen LogP contribution is 2.36. The highest BCUT2D eigenvalue weighted by atomic mass is 35.5. The van der Waals surface area contributed by atoms with Crippen LogP contribution in [-0.2, 0) is 0 Å². The van der Waals surface area contributed by atoms with Crippen molar-refractivity contribution in [3.8, 4) is 5.75 Å². The van der Waals surface area contributed by atoms with E-state index in [2.05, 4.69) is 0 Å². The molecule has 0 saturated heterocycles. The van der Waals surface area contributed by atoms with Crippen LogP contribution >= 0.6 is 11.6 Å². The summed E-state index contributed by atoms with van der Waals surface area (Å²) in [5, 5.41) is -0.121. The van der Waals surface area contributed by atoms with E-state index in [1.807, 2.05) is 0 Å². The number of carbonyl (C=O) groups is 1. The Bertz CT molecular complexity index is 413. The van der Waals surface area contributed by atoms with Gasteiger partial charge in [0.2, 0.25) is 0 Å². The van der Waals surface area contributed by atoms with Crippen LogP contribution in [0.5, 0.6) is 5.75 Å². The van der Waals surface area contributed by atoms with E-state index in [1.54, 1.807) is 0 Å². The van der Waals surface area contributed by atoms with Crippen LogP contribution in [0.1, 0.15) is 23.2 Å². The Morgan fingerprint density at radius 3 is 2.73 bits per heavy atom. The zero-order chi connectivity index (χ0) is 11.0. The van der Waals surface area contributed by atoms with Crippen LogP contribution in [0.25, 0.3) is 0 Å². The van der Waals surface area contributed by atoms with Crippen molar-refractivity contribution in [2.75, 3.05) is 7.11 Å². The van der Waals surface area contributed by atoms with Crippen LogP contribution in [-0.4, -0.2) is 12.9 Å². The molecule has 0 bridgehead atoms. The lowest BCUT2D eigenvalue weighted by Crippen LogP contribution is -2.05. The number of hydrogen-bond donors (Lipinski definition) is 0. The van der Waals surface area contributed by atoms with Gasteiger partial charge in [-0.15, -0.1) is 0 Å². The second-order valence-corrected chi connectivity index (χ2v) is 3.96. The maximum atomic E-state index is 13.7. The number of methoxy groups -OCH3 is 1. The zero-order valence-corrected chi connectivity index (χ0v) is 8.97. The number of halogens is 2. The van der Waals surface area contributed by atoms with E-state index in [4.69, 9.17) is 16.3 Å². The first-order chi connectivity index (χ1) is 7.15. The Balaban J connectivity index is 2.40. The molecule has 0 N–H and O–H groups in total. The molecule has 15 heavy (non-hydrogen) atoms. The normalized spacial score (nSPS) is 15.1. The summed E-state index contributed by atoms with van der Waals surface area (Å²) in [6.45, 7) is 0. The van der Waals surface area contributed by atoms with Crippen molar-refractivity contribution in [3.05, 3.63) is 28.5 Å². The third kappa shape index (κ3) is 1.84. The summed E-state index contributed by atoms with van der Waals surface area (Å²) in [6.07, 6.45) is 1.70. The molecular weight excluding hydrogens is 219 g/mol. The molecule has 1 fully saturated rings. The number of hydrogen-bond acceptors (Lipinski definition) is 2. The molecule has 0 spiro atoms. The zero-order valence-electron chi connectivity index (χ0n) is 8.22. The summed E-state index contributed by atoms with van der Waals surface area (Å²) in [6, 6.07) is 2.95. The Morgan fingerprint density at radius 2 is 2.20 bits per heavy atom. The molecule has 0 radical (unpaired) electrons. The lowest BCUT2D eigenvalue weighted by atomic mass is 10.1. The van der Waals surface area contributed by atoms with Gasteiger partial charge in [0.15, 0.2) is 11.6 Å². The van der Waals surface area contributed by atoms with Gasteiger partial charge in [-0.25, -0.2) is 4.39 Å². The van der Waals surface area contributed by atoms with E-state index in [1.165, 1.54) is 19.2 Å². The van der Waals surface area contributed by atoms with Gasteiger partial charge in [0.1, 0.15) is 10.8 Å². The third-order valence-corrected chi connectivity index (χ3v) is 2.83. The molecule has 2 nitrogen and oxygen atoms in total. The fourth-order valence-corrected chi connectivity index (χ4v) is 1.69. The molecule has 1 aliphatic rings. The molecule has 0 aromatic heterocycles. The number of carbonyl (C=O) groups excluding carboxylic acids is 1. The van der Waals surface area contributed by atoms with Crippen LogP contribution in [0.3, 0.4) is 0 Å². The average molecular weight is 229 g/mol. The Kier molecular flexibility index (Phi) is 2.65.